The van der Waals surface area contributed by atoms with Gasteiger partial charge in [0.15, 0.2) is 0 Å². The summed E-state index contributed by atoms with van der Waals surface area (Å²) in [6.45, 7) is 2.58. The molecule has 0 radical (unpaired) electrons. The van der Waals surface area contributed by atoms with E-state index in [4.69, 9.17) is 11.6 Å². The molecule has 0 unspecified atom stereocenters. The van der Waals surface area contributed by atoms with E-state index in [-0.39, 0.29) is 16.8 Å². The number of imide groups is 1. The number of amides is 2. The van der Waals surface area contributed by atoms with E-state index in [0.717, 1.165) is 15.9 Å². The molecule has 1 aliphatic heterocycles. The highest BCUT2D eigenvalue weighted by Crippen LogP contribution is 2.37. The lowest BCUT2D eigenvalue weighted by Gasteiger charge is -2.14. The second kappa shape index (κ2) is 5.72. The van der Waals surface area contributed by atoms with Crippen LogP contribution in [0.5, 0.6) is 0 Å². The summed E-state index contributed by atoms with van der Waals surface area (Å²) in [4.78, 5) is 27.6. The number of hydrogen-bond donors (Lipinski definition) is 0. The number of halogens is 1. The van der Waals surface area contributed by atoms with E-state index >= 15 is 0 Å². The van der Waals surface area contributed by atoms with E-state index in [9.17, 15) is 14.9 Å². The number of aromatic nitrogens is 2. The first-order valence-electron chi connectivity index (χ1n) is 8.78. The summed E-state index contributed by atoms with van der Waals surface area (Å²) in [5, 5.41) is 10.4. The Bertz CT molecular complexity index is 1360. The van der Waals surface area contributed by atoms with E-state index in [2.05, 4.69) is 6.07 Å². The molecule has 0 bridgehead atoms. The lowest BCUT2D eigenvalue weighted by molar-refractivity contribution is 0.0924. The minimum Gasteiger partial charge on any atom is -0.325 e. The summed E-state index contributed by atoms with van der Waals surface area (Å²) < 4.78 is 3.70. The van der Waals surface area contributed by atoms with Crippen molar-refractivity contribution in [3.05, 3.63) is 70.4 Å². The van der Waals surface area contributed by atoms with Gasteiger partial charge in [-0.05, 0) is 43.3 Å². The summed E-state index contributed by atoms with van der Waals surface area (Å²) in [5.74, 6) is -0.938. The third-order valence-electron chi connectivity index (χ3n) is 5.15. The molecule has 2 aromatic heterocycles. The number of carbonyl (C=O) groups excluding carboxylic acids is 2. The molecular weight excluding hydrogens is 376 g/mol. The fourth-order valence-electron chi connectivity index (χ4n) is 4.02. The van der Waals surface area contributed by atoms with Crippen molar-refractivity contribution in [2.24, 2.45) is 0 Å². The van der Waals surface area contributed by atoms with Crippen LogP contribution in [0.2, 0.25) is 5.02 Å². The zero-order chi connectivity index (χ0) is 19.6. The quantitative estimate of drug-likeness (QED) is 0.482. The molecule has 28 heavy (non-hydrogen) atoms. The van der Waals surface area contributed by atoms with Crippen LogP contribution in [0.15, 0.2) is 48.5 Å². The Hall–Kier alpha value is -3.56. The Morgan fingerprint density at radius 1 is 1.00 bits per heavy atom. The molecule has 0 saturated carbocycles. The van der Waals surface area contributed by atoms with Crippen molar-refractivity contribution in [3.63, 3.8) is 0 Å². The molecular formula is C21H13ClN4O2. The molecule has 2 aromatic carbocycles. The molecule has 0 atom stereocenters. The van der Waals surface area contributed by atoms with Gasteiger partial charge in [-0.25, -0.2) is 4.90 Å². The van der Waals surface area contributed by atoms with Crippen molar-refractivity contribution in [1.82, 2.24) is 8.97 Å². The minimum absolute atomic E-state index is 0.158. The maximum absolute atomic E-state index is 13.3. The number of benzene rings is 2. The Balaban J connectivity index is 1.87. The van der Waals surface area contributed by atoms with Gasteiger partial charge >= 0.3 is 0 Å². The van der Waals surface area contributed by atoms with Gasteiger partial charge in [-0.1, -0.05) is 23.7 Å². The highest BCUT2D eigenvalue weighted by Gasteiger charge is 2.44. The summed E-state index contributed by atoms with van der Waals surface area (Å²) in [6.07, 6.45) is 0. The molecule has 0 N–H and O–H groups in total. The Kier molecular flexibility index (Phi) is 3.39. The predicted octanol–water partition coefficient (Wildman–Crippen LogP) is 4.24. The van der Waals surface area contributed by atoms with Gasteiger partial charge in [0.05, 0.1) is 22.3 Å². The van der Waals surface area contributed by atoms with Gasteiger partial charge in [0.2, 0.25) is 0 Å². The molecule has 0 spiro atoms. The zero-order valence-electron chi connectivity index (χ0n) is 14.8. The average Bonchev–Trinajstić information content (AvgIpc) is 3.29. The molecule has 6 nitrogen and oxygen atoms in total. The van der Waals surface area contributed by atoms with E-state index in [0.29, 0.717) is 22.9 Å². The van der Waals surface area contributed by atoms with Gasteiger partial charge < -0.3 is 4.57 Å². The predicted molar refractivity (Wildman–Crippen MR) is 106 cm³/mol. The van der Waals surface area contributed by atoms with E-state index in [1.807, 2.05) is 35.8 Å². The van der Waals surface area contributed by atoms with Crippen molar-refractivity contribution in [2.75, 3.05) is 4.90 Å². The summed E-state index contributed by atoms with van der Waals surface area (Å²) in [5.41, 5.74) is 3.31. The maximum Gasteiger partial charge on any atom is 0.283 e. The van der Waals surface area contributed by atoms with E-state index in [1.165, 1.54) is 0 Å². The molecule has 7 heteroatoms. The van der Waals surface area contributed by atoms with Gasteiger partial charge in [0.1, 0.15) is 23.0 Å². The summed E-state index contributed by atoms with van der Waals surface area (Å²) in [7, 11) is 0. The first kappa shape index (κ1) is 16.6. The van der Waals surface area contributed by atoms with E-state index in [1.54, 1.807) is 28.7 Å². The van der Waals surface area contributed by atoms with Crippen LogP contribution in [0.25, 0.3) is 16.7 Å². The number of rotatable bonds is 2. The van der Waals surface area contributed by atoms with Crippen LogP contribution in [-0.4, -0.2) is 20.8 Å². The third-order valence-corrected chi connectivity index (χ3v) is 5.40. The van der Waals surface area contributed by atoms with Crippen LogP contribution in [0.4, 0.5) is 5.69 Å². The van der Waals surface area contributed by atoms with Gasteiger partial charge in [-0.2, -0.15) is 5.26 Å². The molecule has 0 saturated heterocycles. The van der Waals surface area contributed by atoms with Crippen molar-refractivity contribution in [3.8, 4) is 6.07 Å². The molecule has 5 rings (SSSR count). The Morgan fingerprint density at radius 2 is 1.68 bits per heavy atom. The van der Waals surface area contributed by atoms with Crippen molar-refractivity contribution < 1.29 is 9.59 Å². The van der Waals surface area contributed by atoms with Crippen molar-refractivity contribution >= 4 is 45.8 Å². The maximum atomic E-state index is 13.3. The number of fused-ring (bicyclic) bond motifs is 5. The number of imidazole rings is 1. The number of anilines is 1. The second-order valence-electron chi connectivity index (χ2n) is 6.52. The Morgan fingerprint density at radius 3 is 2.32 bits per heavy atom. The normalized spacial score (nSPS) is 13.5. The van der Waals surface area contributed by atoms with Crippen molar-refractivity contribution in [1.29, 1.82) is 5.26 Å². The van der Waals surface area contributed by atoms with Gasteiger partial charge in [0, 0.05) is 11.6 Å². The lowest BCUT2D eigenvalue weighted by Crippen LogP contribution is -2.30. The number of nitriles is 1. The highest BCUT2D eigenvalue weighted by molar-refractivity contribution is 6.36. The van der Waals surface area contributed by atoms with Crippen LogP contribution >= 0.6 is 11.6 Å². The largest absolute Gasteiger partial charge is 0.325 e. The SMILES string of the molecule is CCn1c2ccccc2n2c3c(c(C#N)c12)C(=O)N(c1ccc(Cl)cc1)C3=O. The molecule has 136 valence electrons. The van der Waals surface area contributed by atoms with Crippen LogP contribution in [-0.2, 0) is 6.54 Å². The van der Waals surface area contributed by atoms with Crippen LogP contribution in [0.1, 0.15) is 33.3 Å². The number of nitrogens with zero attached hydrogens (tertiary/aromatic N) is 4. The fraction of sp³-hybridized carbons (Fsp3) is 0.0952. The fourth-order valence-corrected chi connectivity index (χ4v) is 4.14. The lowest BCUT2D eigenvalue weighted by atomic mass is 10.1. The molecule has 4 aromatic rings. The molecule has 1 aliphatic rings. The summed E-state index contributed by atoms with van der Waals surface area (Å²) >= 11 is 5.93. The Labute approximate surface area is 164 Å². The van der Waals surface area contributed by atoms with Crippen LogP contribution < -0.4 is 4.90 Å². The number of aryl methyl sites for hydroxylation is 1. The molecule has 3 heterocycles. The molecule has 0 fully saturated rings. The second-order valence-corrected chi connectivity index (χ2v) is 6.96. The monoisotopic (exact) mass is 388 g/mol. The molecule has 0 aliphatic carbocycles. The highest BCUT2D eigenvalue weighted by atomic mass is 35.5. The smallest absolute Gasteiger partial charge is 0.283 e. The summed E-state index contributed by atoms with van der Waals surface area (Å²) in [6, 6.07) is 16.2. The van der Waals surface area contributed by atoms with Gasteiger partial charge in [-0.15, -0.1) is 0 Å². The molecule has 2 amide bonds. The van der Waals surface area contributed by atoms with Gasteiger partial charge in [-0.3, -0.25) is 14.0 Å². The third kappa shape index (κ3) is 1.91. The average molecular weight is 389 g/mol. The first-order chi connectivity index (χ1) is 13.6. The topological polar surface area (TPSA) is 70.5 Å². The van der Waals surface area contributed by atoms with Gasteiger partial charge in [0.25, 0.3) is 11.8 Å². The standard InChI is InChI=1S/C21H13ClN4O2/c1-2-24-15-5-3-4-6-16(15)26-18-17(14(11-23)19(24)26)20(27)25(21(18)28)13-9-7-12(22)8-10-13/h3-10H,2H2,1H3. The van der Waals surface area contributed by atoms with Crippen LogP contribution in [0.3, 0.4) is 0 Å². The van der Waals surface area contributed by atoms with E-state index < -0.39 is 11.8 Å². The first-order valence-corrected chi connectivity index (χ1v) is 9.16. The minimum atomic E-state index is -0.491. The number of para-hydroxylation sites is 2. The zero-order valence-corrected chi connectivity index (χ0v) is 15.6. The van der Waals surface area contributed by atoms with Crippen LogP contribution in [0, 0.1) is 11.3 Å². The number of carbonyl (C=O) groups is 2. The number of hydrogen-bond acceptors (Lipinski definition) is 3. The van der Waals surface area contributed by atoms with Crippen molar-refractivity contribution in [2.45, 2.75) is 13.5 Å².